The highest BCUT2D eigenvalue weighted by Crippen LogP contribution is 2.21. The van der Waals surface area contributed by atoms with E-state index in [1.165, 1.54) is 12.8 Å². The molecule has 13 heavy (non-hydrogen) atoms. The molecule has 0 amide bonds. The van der Waals surface area contributed by atoms with Crippen molar-refractivity contribution in [3.8, 4) is 0 Å². The van der Waals surface area contributed by atoms with Gasteiger partial charge in [0.15, 0.2) is 0 Å². The fraction of sp³-hybridized carbons (Fsp3) is 1.00. The van der Waals surface area contributed by atoms with E-state index in [9.17, 15) is 0 Å². The van der Waals surface area contributed by atoms with Gasteiger partial charge in [-0.15, -0.1) is 0 Å². The highest BCUT2D eigenvalue weighted by Gasteiger charge is 2.25. The molecule has 0 aromatic rings. The Morgan fingerprint density at radius 3 is 2.54 bits per heavy atom. The van der Waals surface area contributed by atoms with Crippen LogP contribution in [0.3, 0.4) is 0 Å². The van der Waals surface area contributed by atoms with Crippen LogP contribution in [-0.4, -0.2) is 44.3 Å². The predicted molar refractivity (Wildman–Crippen MR) is 54.7 cm³/mol. The van der Waals surface area contributed by atoms with Gasteiger partial charge in [-0.3, -0.25) is 0 Å². The fourth-order valence-corrected chi connectivity index (χ4v) is 2.07. The van der Waals surface area contributed by atoms with Gasteiger partial charge >= 0.3 is 0 Å². The minimum absolute atomic E-state index is 0.550. The van der Waals surface area contributed by atoms with Crippen molar-refractivity contribution in [1.82, 2.24) is 4.90 Å². The third-order valence-electron chi connectivity index (χ3n) is 3.12. The SMILES string of the molecule is CCN(C)C(CN)C1CCOCC1. The fourth-order valence-electron chi connectivity index (χ4n) is 2.07. The highest BCUT2D eigenvalue weighted by molar-refractivity contribution is 4.79. The van der Waals surface area contributed by atoms with Crippen LogP contribution >= 0.6 is 0 Å². The zero-order valence-electron chi connectivity index (χ0n) is 8.83. The van der Waals surface area contributed by atoms with Gasteiger partial charge in [-0.1, -0.05) is 6.92 Å². The van der Waals surface area contributed by atoms with Crippen molar-refractivity contribution >= 4 is 0 Å². The molecule has 78 valence electrons. The van der Waals surface area contributed by atoms with Crippen molar-refractivity contribution in [3.05, 3.63) is 0 Å². The summed E-state index contributed by atoms with van der Waals surface area (Å²) in [6.45, 7) is 5.87. The molecule has 0 aliphatic carbocycles. The van der Waals surface area contributed by atoms with Gasteiger partial charge in [-0.05, 0) is 32.4 Å². The van der Waals surface area contributed by atoms with Crippen molar-refractivity contribution in [3.63, 3.8) is 0 Å². The lowest BCUT2D eigenvalue weighted by Gasteiger charge is -2.35. The number of likely N-dealkylation sites (N-methyl/N-ethyl adjacent to an activating group) is 1. The Morgan fingerprint density at radius 2 is 2.08 bits per heavy atom. The van der Waals surface area contributed by atoms with Gasteiger partial charge in [0.1, 0.15) is 0 Å². The first-order valence-electron chi connectivity index (χ1n) is 5.27. The van der Waals surface area contributed by atoms with Crippen LogP contribution in [0.4, 0.5) is 0 Å². The molecule has 0 spiro atoms. The lowest BCUT2D eigenvalue weighted by molar-refractivity contribution is 0.0348. The Balaban J connectivity index is 2.43. The van der Waals surface area contributed by atoms with Gasteiger partial charge in [-0.25, -0.2) is 0 Å². The molecule has 3 heteroatoms. The van der Waals surface area contributed by atoms with Crippen LogP contribution in [0.1, 0.15) is 19.8 Å². The van der Waals surface area contributed by atoms with Crippen molar-refractivity contribution in [2.45, 2.75) is 25.8 Å². The van der Waals surface area contributed by atoms with Crippen LogP contribution in [-0.2, 0) is 4.74 Å². The Kier molecular flexibility index (Phi) is 4.70. The molecule has 1 aliphatic rings. The zero-order chi connectivity index (χ0) is 9.68. The van der Waals surface area contributed by atoms with E-state index in [0.717, 1.165) is 32.2 Å². The largest absolute Gasteiger partial charge is 0.381 e. The summed E-state index contributed by atoms with van der Waals surface area (Å²) >= 11 is 0. The van der Waals surface area contributed by atoms with E-state index in [2.05, 4.69) is 18.9 Å². The first-order chi connectivity index (χ1) is 6.29. The van der Waals surface area contributed by atoms with Crippen molar-refractivity contribution in [2.75, 3.05) is 33.4 Å². The van der Waals surface area contributed by atoms with Crippen LogP contribution in [0.2, 0.25) is 0 Å². The normalized spacial score (nSPS) is 22.2. The molecule has 1 saturated heterocycles. The van der Waals surface area contributed by atoms with Crippen molar-refractivity contribution in [2.24, 2.45) is 11.7 Å². The first-order valence-corrected chi connectivity index (χ1v) is 5.27. The average Bonchev–Trinajstić information content (AvgIpc) is 2.20. The zero-order valence-corrected chi connectivity index (χ0v) is 8.83. The summed E-state index contributed by atoms with van der Waals surface area (Å²) in [6.07, 6.45) is 2.35. The second-order valence-electron chi connectivity index (χ2n) is 3.83. The molecule has 0 aromatic heterocycles. The molecule has 3 nitrogen and oxygen atoms in total. The Hall–Kier alpha value is -0.120. The van der Waals surface area contributed by atoms with Gasteiger partial charge < -0.3 is 15.4 Å². The minimum atomic E-state index is 0.550. The third-order valence-corrected chi connectivity index (χ3v) is 3.12. The van der Waals surface area contributed by atoms with Crippen LogP contribution in [0.5, 0.6) is 0 Å². The summed E-state index contributed by atoms with van der Waals surface area (Å²) < 4.78 is 5.35. The molecular formula is C10H22N2O. The summed E-state index contributed by atoms with van der Waals surface area (Å²) in [4.78, 5) is 2.36. The molecule has 1 heterocycles. The molecule has 1 unspecified atom stereocenters. The predicted octanol–water partition coefficient (Wildman–Crippen LogP) is 0.692. The van der Waals surface area contributed by atoms with Gasteiger partial charge in [0.25, 0.3) is 0 Å². The van der Waals surface area contributed by atoms with E-state index in [0.29, 0.717) is 6.04 Å². The Morgan fingerprint density at radius 1 is 1.46 bits per heavy atom. The second kappa shape index (κ2) is 5.58. The van der Waals surface area contributed by atoms with E-state index in [1.54, 1.807) is 0 Å². The van der Waals surface area contributed by atoms with Gasteiger partial charge in [0.05, 0.1) is 0 Å². The summed E-state index contributed by atoms with van der Waals surface area (Å²) in [7, 11) is 2.16. The maximum absolute atomic E-state index is 5.80. The van der Waals surface area contributed by atoms with Crippen LogP contribution in [0.25, 0.3) is 0 Å². The number of ether oxygens (including phenoxy) is 1. The molecule has 1 atom stereocenters. The maximum Gasteiger partial charge on any atom is 0.0469 e. The van der Waals surface area contributed by atoms with Crippen LogP contribution in [0.15, 0.2) is 0 Å². The molecule has 0 saturated carbocycles. The molecule has 2 N–H and O–H groups in total. The molecule has 1 aliphatic heterocycles. The van der Waals surface area contributed by atoms with Gasteiger partial charge in [-0.2, -0.15) is 0 Å². The topological polar surface area (TPSA) is 38.5 Å². The second-order valence-corrected chi connectivity index (χ2v) is 3.83. The summed E-state index contributed by atoms with van der Waals surface area (Å²) in [5.74, 6) is 0.740. The maximum atomic E-state index is 5.80. The highest BCUT2D eigenvalue weighted by atomic mass is 16.5. The average molecular weight is 186 g/mol. The van der Waals surface area contributed by atoms with Crippen LogP contribution < -0.4 is 5.73 Å². The summed E-state index contributed by atoms with van der Waals surface area (Å²) in [6, 6.07) is 0.550. The van der Waals surface area contributed by atoms with E-state index < -0.39 is 0 Å². The first kappa shape index (κ1) is 11.0. The lowest BCUT2D eigenvalue weighted by Crippen LogP contribution is -2.45. The quantitative estimate of drug-likeness (QED) is 0.702. The van der Waals surface area contributed by atoms with Gasteiger partial charge in [0, 0.05) is 25.8 Å². The molecule has 1 rings (SSSR count). The minimum Gasteiger partial charge on any atom is -0.381 e. The Bertz CT molecular complexity index is 135. The smallest absolute Gasteiger partial charge is 0.0469 e. The number of hydrogen-bond donors (Lipinski definition) is 1. The number of nitrogens with zero attached hydrogens (tertiary/aromatic N) is 1. The Labute approximate surface area is 81.2 Å². The number of nitrogens with two attached hydrogens (primary N) is 1. The molecule has 0 bridgehead atoms. The third kappa shape index (κ3) is 2.93. The van der Waals surface area contributed by atoms with Crippen molar-refractivity contribution < 1.29 is 4.74 Å². The van der Waals surface area contributed by atoms with E-state index in [-0.39, 0.29) is 0 Å². The standard InChI is InChI=1S/C10H22N2O/c1-3-12(2)10(8-11)9-4-6-13-7-5-9/h9-10H,3-8,11H2,1-2H3. The summed E-state index contributed by atoms with van der Waals surface area (Å²) in [5.41, 5.74) is 5.80. The monoisotopic (exact) mass is 186 g/mol. The molecule has 1 fully saturated rings. The van der Waals surface area contributed by atoms with Gasteiger partial charge in [0.2, 0.25) is 0 Å². The molecule has 0 aromatic carbocycles. The molecule has 0 radical (unpaired) electrons. The summed E-state index contributed by atoms with van der Waals surface area (Å²) in [5, 5.41) is 0. The van der Waals surface area contributed by atoms with Crippen LogP contribution in [0, 0.1) is 5.92 Å². The lowest BCUT2D eigenvalue weighted by atomic mass is 9.91. The van der Waals surface area contributed by atoms with E-state index in [4.69, 9.17) is 10.5 Å². The van der Waals surface area contributed by atoms with Crippen molar-refractivity contribution in [1.29, 1.82) is 0 Å². The molecular weight excluding hydrogens is 164 g/mol. The number of rotatable bonds is 4. The number of hydrogen-bond acceptors (Lipinski definition) is 3. The van der Waals surface area contributed by atoms with E-state index in [1.807, 2.05) is 0 Å². The van der Waals surface area contributed by atoms with E-state index >= 15 is 0 Å².